The Morgan fingerprint density at radius 2 is 1.90 bits per heavy atom. The van der Waals surface area contributed by atoms with Crippen molar-refractivity contribution in [2.45, 2.75) is 37.8 Å². The molecule has 0 bridgehead atoms. The van der Waals surface area contributed by atoms with E-state index in [1.807, 2.05) is 7.05 Å². The Labute approximate surface area is 125 Å². The van der Waals surface area contributed by atoms with Crippen LogP contribution in [0.3, 0.4) is 0 Å². The average Bonchev–Trinajstić information content (AvgIpc) is 2.42. The van der Waals surface area contributed by atoms with Crippen molar-refractivity contribution in [2.24, 2.45) is 5.73 Å². The Bertz CT molecular complexity index is 441. The van der Waals surface area contributed by atoms with Crippen molar-refractivity contribution in [2.75, 3.05) is 18.9 Å². The number of amides is 1. The minimum Gasteiger partial charge on any atom is -0.328 e. The van der Waals surface area contributed by atoms with Crippen LogP contribution in [0.15, 0.2) is 24.3 Å². The fraction of sp³-hybridized carbons (Fsp3) is 0.533. The van der Waals surface area contributed by atoms with E-state index in [0.717, 1.165) is 31.4 Å². The van der Waals surface area contributed by atoms with E-state index in [-0.39, 0.29) is 5.91 Å². The molecule has 0 unspecified atom stereocenters. The number of anilines is 1. The lowest BCUT2D eigenvalue weighted by Crippen LogP contribution is -2.42. The van der Waals surface area contributed by atoms with Crippen LogP contribution in [0.1, 0.15) is 25.7 Å². The van der Waals surface area contributed by atoms with Crippen LogP contribution >= 0.6 is 11.6 Å². The van der Waals surface area contributed by atoms with Gasteiger partial charge in [0.25, 0.3) is 0 Å². The minimum absolute atomic E-state index is 0.00435. The third-order valence-electron chi connectivity index (χ3n) is 3.89. The van der Waals surface area contributed by atoms with E-state index in [1.165, 1.54) is 0 Å². The lowest BCUT2D eigenvalue weighted by molar-refractivity contribution is -0.117. The summed E-state index contributed by atoms with van der Waals surface area (Å²) < 4.78 is 0. The summed E-state index contributed by atoms with van der Waals surface area (Å²) in [6, 6.07) is 7.94. The minimum atomic E-state index is 0.00435. The van der Waals surface area contributed by atoms with Crippen LogP contribution in [0.4, 0.5) is 5.69 Å². The van der Waals surface area contributed by atoms with Crippen molar-refractivity contribution in [3.05, 3.63) is 29.3 Å². The predicted molar refractivity (Wildman–Crippen MR) is 82.9 cm³/mol. The van der Waals surface area contributed by atoms with Crippen LogP contribution in [0.2, 0.25) is 5.02 Å². The SMILES string of the molecule is CN(CC(=O)Nc1ccc(Cl)cc1)C1CCC(N)CC1. The molecule has 1 aromatic carbocycles. The van der Waals surface area contributed by atoms with Crippen molar-refractivity contribution in [1.29, 1.82) is 0 Å². The fourth-order valence-corrected chi connectivity index (χ4v) is 2.76. The van der Waals surface area contributed by atoms with Gasteiger partial charge in [-0.15, -0.1) is 0 Å². The highest BCUT2D eigenvalue weighted by Crippen LogP contribution is 2.21. The number of carbonyl (C=O) groups is 1. The molecule has 0 spiro atoms. The third-order valence-corrected chi connectivity index (χ3v) is 4.14. The van der Waals surface area contributed by atoms with Crippen molar-refractivity contribution in [3.8, 4) is 0 Å². The van der Waals surface area contributed by atoms with Gasteiger partial charge < -0.3 is 11.1 Å². The van der Waals surface area contributed by atoms with Gasteiger partial charge in [0.2, 0.25) is 5.91 Å². The van der Waals surface area contributed by atoms with Gasteiger partial charge in [-0.1, -0.05) is 11.6 Å². The van der Waals surface area contributed by atoms with Gasteiger partial charge in [0.15, 0.2) is 0 Å². The Morgan fingerprint density at radius 1 is 1.30 bits per heavy atom. The monoisotopic (exact) mass is 295 g/mol. The molecule has 0 aliphatic heterocycles. The zero-order valence-electron chi connectivity index (χ0n) is 11.8. The molecule has 3 N–H and O–H groups in total. The molecular weight excluding hydrogens is 274 g/mol. The highest BCUT2D eigenvalue weighted by molar-refractivity contribution is 6.30. The summed E-state index contributed by atoms with van der Waals surface area (Å²) in [4.78, 5) is 14.1. The smallest absolute Gasteiger partial charge is 0.238 e. The fourth-order valence-electron chi connectivity index (χ4n) is 2.63. The highest BCUT2D eigenvalue weighted by atomic mass is 35.5. The Morgan fingerprint density at radius 3 is 2.50 bits per heavy atom. The average molecular weight is 296 g/mol. The number of benzene rings is 1. The second-order valence-corrected chi connectivity index (χ2v) is 5.98. The van der Waals surface area contributed by atoms with Gasteiger partial charge in [0, 0.05) is 22.8 Å². The number of nitrogens with zero attached hydrogens (tertiary/aromatic N) is 1. The summed E-state index contributed by atoms with van der Waals surface area (Å²) in [5, 5.41) is 3.55. The molecular formula is C15H22ClN3O. The molecule has 1 fully saturated rings. The molecule has 4 nitrogen and oxygen atoms in total. The van der Waals surface area contributed by atoms with Gasteiger partial charge in [0.05, 0.1) is 6.54 Å². The van der Waals surface area contributed by atoms with E-state index < -0.39 is 0 Å². The van der Waals surface area contributed by atoms with E-state index in [9.17, 15) is 4.79 Å². The second-order valence-electron chi connectivity index (χ2n) is 5.54. The largest absolute Gasteiger partial charge is 0.328 e. The number of carbonyl (C=O) groups excluding carboxylic acids is 1. The second kappa shape index (κ2) is 7.07. The first-order chi connectivity index (χ1) is 9.54. The van der Waals surface area contributed by atoms with E-state index in [4.69, 9.17) is 17.3 Å². The normalized spacial score (nSPS) is 22.8. The summed E-state index contributed by atoms with van der Waals surface area (Å²) in [5.74, 6) is 0.00435. The molecule has 2 rings (SSSR count). The number of nitrogens with two attached hydrogens (primary N) is 1. The predicted octanol–water partition coefficient (Wildman–Crippen LogP) is 2.48. The number of halogens is 1. The molecule has 0 heterocycles. The molecule has 0 aromatic heterocycles. The van der Waals surface area contributed by atoms with Crippen molar-refractivity contribution < 1.29 is 4.79 Å². The van der Waals surface area contributed by atoms with Crippen molar-refractivity contribution in [3.63, 3.8) is 0 Å². The van der Waals surface area contributed by atoms with Gasteiger partial charge in [-0.3, -0.25) is 9.69 Å². The lowest BCUT2D eigenvalue weighted by Gasteiger charge is -2.33. The van der Waals surface area contributed by atoms with Crippen LogP contribution in [0, 0.1) is 0 Å². The maximum absolute atomic E-state index is 12.0. The van der Waals surface area contributed by atoms with E-state index in [1.54, 1.807) is 24.3 Å². The van der Waals surface area contributed by atoms with E-state index in [0.29, 0.717) is 23.7 Å². The highest BCUT2D eigenvalue weighted by Gasteiger charge is 2.23. The van der Waals surface area contributed by atoms with Gasteiger partial charge in [-0.25, -0.2) is 0 Å². The quantitative estimate of drug-likeness (QED) is 0.897. The summed E-state index contributed by atoms with van der Waals surface area (Å²) in [7, 11) is 2.00. The molecule has 0 radical (unpaired) electrons. The molecule has 5 heteroatoms. The topological polar surface area (TPSA) is 58.4 Å². The van der Waals surface area contributed by atoms with Crippen LogP contribution in [0.25, 0.3) is 0 Å². The molecule has 20 heavy (non-hydrogen) atoms. The van der Waals surface area contributed by atoms with Crippen molar-refractivity contribution in [1.82, 2.24) is 4.90 Å². The zero-order valence-corrected chi connectivity index (χ0v) is 12.6. The number of hydrogen-bond acceptors (Lipinski definition) is 3. The lowest BCUT2D eigenvalue weighted by atomic mass is 9.91. The summed E-state index contributed by atoms with van der Waals surface area (Å²) >= 11 is 5.81. The molecule has 0 atom stereocenters. The van der Waals surface area contributed by atoms with Gasteiger partial charge >= 0.3 is 0 Å². The maximum Gasteiger partial charge on any atom is 0.238 e. The third kappa shape index (κ3) is 4.47. The summed E-state index contributed by atoms with van der Waals surface area (Å²) in [5.41, 5.74) is 6.68. The maximum atomic E-state index is 12.0. The number of hydrogen-bond donors (Lipinski definition) is 2. The van der Waals surface area contributed by atoms with Crippen LogP contribution in [-0.4, -0.2) is 36.5 Å². The van der Waals surface area contributed by atoms with Crippen LogP contribution < -0.4 is 11.1 Å². The summed E-state index contributed by atoms with van der Waals surface area (Å²) in [6.45, 7) is 0.405. The van der Waals surface area contributed by atoms with Crippen LogP contribution in [-0.2, 0) is 4.79 Å². The standard InChI is InChI=1S/C15H22ClN3O/c1-19(14-8-4-12(17)5-9-14)10-15(20)18-13-6-2-11(16)3-7-13/h2-3,6-7,12,14H,4-5,8-10,17H2,1H3,(H,18,20). The molecule has 1 aliphatic rings. The number of rotatable bonds is 4. The molecule has 0 saturated heterocycles. The first kappa shape index (κ1) is 15.3. The molecule has 1 aromatic rings. The first-order valence-electron chi connectivity index (χ1n) is 7.06. The number of likely N-dealkylation sites (N-methyl/N-ethyl adjacent to an activating group) is 1. The van der Waals surface area contributed by atoms with E-state index >= 15 is 0 Å². The Kier molecular flexibility index (Phi) is 5.40. The first-order valence-corrected chi connectivity index (χ1v) is 7.43. The molecule has 1 saturated carbocycles. The van der Waals surface area contributed by atoms with Gasteiger partial charge in [-0.2, -0.15) is 0 Å². The zero-order chi connectivity index (χ0) is 14.5. The van der Waals surface area contributed by atoms with Crippen LogP contribution in [0.5, 0.6) is 0 Å². The number of nitrogens with one attached hydrogen (secondary N) is 1. The Balaban J connectivity index is 1.80. The van der Waals surface area contributed by atoms with E-state index in [2.05, 4.69) is 10.2 Å². The van der Waals surface area contributed by atoms with Gasteiger partial charge in [0.1, 0.15) is 0 Å². The molecule has 1 amide bonds. The molecule has 1 aliphatic carbocycles. The van der Waals surface area contributed by atoms with Gasteiger partial charge in [-0.05, 0) is 57.0 Å². The molecule has 110 valence electrons. The van der Waals surface area contributed by atoms with Crippen molar-refractivity contribution >= 4 is 23.2 Å². The Hall–Kier alpha value is -1.10. The summed E-state index contributed by atoms with van der Waals surface area (Å²) in [6.07, 6.45) is 4.25.